The molecule has 0 unspecified atom stereocenters. The van der Waals surface area contributed by atoms with Crippen LogP contribution in [0.4, 0.5) is 4.79 Å². The molecule has 6 nitrogen and oxygen atoms in total. The summed E-state index contributed by atoms with van der Waals surface area (Å²) in [6.07, 6.45) is 2.41. The molecule has 112 valence electrons. The quantitative estimate of drug-likeness (QED) is 0.587. The molecule has 0 bridgehead atoms. The van der Waals surface area contributed by atoms with Crippen molar-refractivity contribution in [3.63, 3.8) is 0 Å². The maximum absolute atomic E-state index is 11.5. The molecule has 3 N–H and O–H groups in total. The van der Waals surface area contributed by atoms with Crippen molar-refractivity contribution >= 4 is 12.1 Å². The summed E-state index contributed by atoms with van der Waals surface area (Å²) in [4.78, 5) is 22.5. The molecule has 1 atom stereocenters. The summed E-state index contributed by atoms with van der Waals surface area (Å²) in [7, 11) is 1.88. The number of carbonyl (C=O) groups is 2. The molecule has 19 heavy (non-hydrogen) atoms. The lowest BCUT2D eigenvalue weighted by molar-refractivity contribution is -0.139. The van der Waals surface area contributed by atoms with Crippen molar-refractivity contribution in [1.82, 2.24) is 10.6 Å². The summed E-state index contributed by atoms with van der Waals surface area (Å²) >= 11 is 0. The van der Waals surface area contributed by atoms with Gasteiger partial charge in [-0.15, -0.1) is 0 Å². The Labute approximate surface area is 114 Å². The number of aliphatic carboxylic acids is 1. The van der Waals surface area contributed by atoms with Crippen molar-refractivity contribution in [2.24, 2.45) is 0 Å². The molecule has 0 aliphatic carbocycles. The molecule has 0 spiro atoms. The Bertz CT molecular complexity index is 287. The molecule has 0 aliphatic rings. The zero-order valence-corrected chi connectivity index (χ0v) is 12.3. The Kier molecular flexibility index (Phi) is 8.14. The molecule has 0 radical (unpaired) electrons. The molecule has 6 heteroatoms. The molecule has 0 aliphatic heterocycles. The highest BCUT2D eigenvalue weighted by Gasteiger charge is 2.23. The van der Waals surface area contributed by atoms with Gasteiger partial charge in [-0.05, 0) is 47.2 Å². The Morgan fingerprint density at radius 3 is 2.32 bits per heavy atom. The second-order valence-electron chi connectivity index (χ2n) is 5.49. The minimum atomic E-state index is -1.03. The highest BCUT2D eigenvalue weighted by atomic mass is 16.6. The zero-order chi connectivity index (χ0) is 14.9. The van der Waals surface area contributed by atoms with Crippen LogP contribution < -0.4 is 10.6 Å². The minimum absolute atomic E-state index is 0.415. The number of carbonyl (C=O) groups excluding carboxylic acids is 1. The SMILES string of the molecule is CNCCCCC[C@H](NC(=O)OC(C)(C)C)C(=O)O. The summed E-state index contributed by atoms with van der Waals surface area (Å²) in [6, 6.07) is -0.885. The standard InChI is InChI=1S/C13H26N2O4/c1-13(2,3)19-12(18)15-10(11(16)17)8-6-5-7-9-14-4/h10,14H,5-9H2,1-4H3,(H,15,18)(H,16,17)/t10-/m0/s1. The third-order valence-electron chi connectivity index (χ3n) is 2.41. The van der Waals surface area contributed by atoms with Gasteiger partial charge in [-0.2, -0.15) is 0 Å². The number of ether oxygens (including phenoxy) is 1. The lowest BCUT2D eigenvalue weighted by atomic mass is 10.1. The van der Waals surface area contributed by atoms with Crippen molar-refractivity contribution in [2.75, 3.05) is 13.6 Å². The minimum Gasteiger partial charge on any atom is -0.480 e. The van der Waals surface area contributed by atoms with E-state index in [1.54, 1.807) is 20.8 Å². The second kappa shape index (κ2) is 8.74. The van der Waals surface area contributed by atoms with Gasteiger partial charge in [0.25, 0.3) is 0 Å². The van der Waals surface area contributed by atoms with Crippen LogP contribution in [0.15, 0.2) is 0 Å². The second-order valence-corrected chi connectivity index (χ2v) is 5.49. The number of carboxylic acids is 1. The molecule has 0 aromatic carbocycles. The largest absolute Gasteiger partial charge is 0.480 e. The Hall–Kier alpha value is -1.30. The van der Waals surface area contributed by atoms with E-state index >= 15 is 0 Å². The van der Waals surface area contributed by atoms with Crippen LogP contribution in [0.5, 0.6) is 0 Å². The molecular formula is C13H26N2O4. The fourth-order valence-corrected chi connectivity index (χ4v) is 1.53. The summed E-state index contributed by atoms with van der Waals surface area (Å²) < 4.78 is 5.04. The van der Waals surface area contributed by atoms with E-state index in [4.69, 9.17) is 9.84 Å². The zero-order valence-electron chi connectivity index (χ0n) is 12.3. The van der Waals surface area contributed by atoms with Crippen LogP contribution >= 0.6 is 0 Å². The molecule has 0 heterocycles. The lowest BCUT2D eigenvalue weighted by Gasteiger charge is -2.22. The first kappa shape index (κ1) is 17.7. The van der Waals surface area contributed by atoms with Gasteiger partial charge < -0.3 is 20.5 Å². The number of carboxylic acid groups (broad SMARTS) is 1. The molecule has 0 saturated heterocycles. The highest BCUT2D eigenvalue weighted by Crippen LogP contribution is 2.08. The van der Waals surface area contributed by atoms with E-state index in [-0.39, 0.29) is 0 Å². The van der Waals surface area contributed by atoms with Crippen LogP contribution in [-0.2, 0) is 9.53 Å². The predicted octanol–water partition coefficient (Wildman–Crippen LogP) is 1.74. The first-order chi connectivity index (χ1) is 8.76. The van der Waals surface area contributed by atoms with E-state index in [0.29, 0.717) is 6.42 Å². The third kappa shape index (κ3) is 10.3. The first-order valence-corrected chi connectivity index (χ1v) is 6.63. The van der Waals surface area contributed by atoms with Gasteiger partial charge in [-0.25, -0.2) is 9.59 Å². The number of rotatable bonds is 8. The van der Waals surface area contributed by atoms with Crippen LogP contribution in [-0.4, -0.2) is 42.4 Å². The maximum Gasteiger partial charge on any atom is 0.408 e. The van der Waals surface area contributed by atoms with Crippen LogP contribution in [0, 0.1) is 0 Å². The molecule has 0 rings (SSSR count). The number of hydrogen-bond donors (Lipinski definition) is 3. The Morgan fingerprint density at radius 1 is 1.21 bits per heavy atom. The van der Waals surface area contributed by atoms with E-state index in [1.807, 2.05) is 7.05 Å². The van der Waals surface area contributed by atoms with Gasteiger partial charge >= 0.3 is 12.1 Å². The Morgan fingerprint density at radius 2 is 1.84 bits per heavy atom. The molecule has 0 saturated carbocycles. The number of alkyl carbamates (subject to hydrolysis) is 1. The predicted molar refractivity (Wildman–Crippen MR) is 73.2 cm³/mol. The van der Waals surface area contributed by atoms with E-state index in [1.165, 1.54) is 0 Å². The van der Waals surface area contributed by atoms with Gasteiger partial charge in [0.15, 0.2) is 0 Å². The van der Waals surface area contributed by atoms with E-state index in [9.17, 15) is 9.59 Å². The van der Waals surface area contributed by atoms with Crippen LogP contribution in [0.25, 0.3) is 0 Å². The molecule has 0 aromatic rings. The fourth-order valence-electron chi connectivity index (χ4n) is 1.53. The van der Waals surface area contributed by atoms with Crippen LogP contribution in [0.2, 0.25) is 0 Å². The topological polar surface area (TPSA) is 87.7 Å². The first-order valence-electron chi connectivity index (χ1n) is 6.63. The van der Waals surface area contributed by atoms with Gasteiger partial charge in [-0.1, -0.05) is 12.8 Å². The van der Waals surface area contributed by atoms with E-state index < -0.39 is 23.7 Å². The average molecular weight is 274 g/mol. The van der Waals surface area contributed by atoms with Crippen molar-refractivity contribution in [3.8, 4) is 0 Å². The van der Waals surface area contributed by atoms with Crippen molar-refractivity contribution < 1.29 is 19.4 Å². The summed E-state index contributed by atoms with van der Waals surface area (Å²) in [5.74, 6) is -1.03. The number of amides is 1. The normalized spacial score (nSPS) is 12.8. The van der Waals surface area contributed by atoms with Crippen molar-refractivity contribution in [3.05, 3.63) is 0 Å². The maximum atomic E-state index is 11.5. The van der Waals surface area contributed by atoms with Gasteiger partial charge in [0.2, 0.25) is 0 Å². The summed E-state index contributed by atoms with van der Waals surface area (Å²) in [5.41, 5.74) is -0.625. The van der Waals surface area contributed by atoms with Gasteiger partial charge in [0.05, 0.1) is 0 Å². The molecule has 0 fully saturated rings. The smallest absolute Gasteiger partial charge is 0.408 e. The van der Waals surface area contributed by atoms with Crippen LogP contribution in [0.1, 0.15) is 46.5 Å². The fraction of sp³-hybridized carbons (Fsp3) is 0.846. The lowest BCUT2D eigenvalue weighted by Crippen LogP contribution is -2.43. The van der Waals surface area contributed by atoms with E-state index in [0.717, 1.165) is 25.8 Å². The van der Waals surface area contributed by atoms with Crippen molar-refractivity contribution in [2.45, 2.75) is 58.1 Å². The van der Waals surface area contributed by atoms with Gasteiger partial charge in [0, 0.05) is 0 Å². The summed E-state index contributed by atoms with van der Waals surface area (Å²) in [5, 5.41) is 14.5. The number of hydrogen-bond acceptors (Lipinski definition) is 4. The van der Waals surface area contributed by atoms with Gasteiger partial charge in [-0.3, -0.25) is 0 Å². The number of nitrogens with one attached hydrogen (secondary N) is 2. The van der Waals surface area contributed by atoms with Crippen LogP contribution in [0.3, 0.4) is 0 Å². The van der Waals surface area contributed by atoms with Gasteiger partial charge in [0.1, 0.15) is 11.6 Å². The molecule has 1 amide bonds. The highest BCUT2D eigenvalue weighted by molar-refractivity contribution is 5.79. The monoisotopic (exact) mass is 274 g/mol. The molecule has 0 aromatic heterocycles. The third-order valence-corrected chi connectivity index (χ3v) is 2.41. The number of unbranched alkanes of at least 4 members (excludes halogenated alkanes) is 2. The van der Waals surface area contributed by atoms with E-state index in [2.05, 4.69) is 10.6 Å². The Balaban J connectivity index is 4.05. The molecular weight excluding hydrogens is 248 g/mol. The average Bonchev–Trinajstić information content (AvgIpc) is 2.24. The van der Waals surface area contributed by atoms with Crippen molar-refractivity contribution in [1.29, 1.82) is 0 Å². The summed E-state index contributed by atoms with van der Waals surface area (Å²) in [6.45, 7) is 6.12.